The summed E-state index contributed by atoms with van der Waals surface area (Å²) in [7, 11) is 5.14. The van der Waals surface area contributed by atoms with E-state index in [1.165, 1.54) is 0 Å². The number of methoxy groups -OCH3 is 2. The van der Waals surface area contributed by atoms with Crippen molar-refractivity contribution in [1.29, 1.82) is 0 Å². The number of aromatic nitrogens is 4. The number of rotatable bonds is 9. The molecule has 2 aliphatic rings. The van der Waals surface area contributed by atoms with Gasteiger partial charge in [0.15, 0.2) is 0 Å². The van der Waals surface area contributed by atoms with Gasteiger partial charge in [0.05, 0.1) is 25.8 Å². The van der Waals surface area contributed by atoms with E-state index >= 15 is 0 Å². The van der Waals surface area contributed by atoms with E-state index in [4.69, 9.17) is 9.47 Å². The van der Waals surface area contributed by atoms with Crippen molar-refractivity contribution in [2.75, 3.05) is 27.3 Å². The summed E-state index contributed by atoms with van der Waals surface area (Å²) in [4.78, 5) is 33.7. The topological polar surface area (TPSA) is 124 Å². The van der Waals surface area contributed by atoms with E-state index in [1.54, 1.807) is 30.0 Å². The van der Waals surface area contributed by atoms with E-state index in [9.17, 15) is 9.59 Å². The molecule has 224 valence electrons. The summed E-state index contributed by atoms with van der Waals surface area (Å²) < 4.78 is 12.6. The molecule has 4 heterocycles. The predicted octanol–water partition coefficient (Wildman–Crippen LogP) is 2.60. The lowest BCUT2D eigenvalue weighted by Gasteiger charge is -2.27. The standard InChI is InChI=1S/C32H37N7O4/c1-38-28-9-6-21(13-26(28)36-37-38)16-35-31(40)29-14-22(12-20-4-7-24(42-2)8-5-20)19-39(29)32(41)27-15-23(17-34-27)25-18-33-11-10-30(25)43-3/h4-11,13,18,22-23,27,29,34H,12,14-17,19H2,1-3H3,(H,35,40). The molecular formula is C32H37N7O4. The van der Waals surface area contributed by atoms with Crippen molar-refractivity contribution in [1.82, 2.24) is 35.5 Å². The SMILES string of the molecule is COc1ccc(CC2CC(C(=O)NCc3ccc4c(c3)nnn4C)N(C(=O)C3CC(c4cnccc4OC)CN3)C2)cc1. The van der Waals surface area contributed by atoms with Gasteiger partial charge in [0.2, 0.25) is 11.8 Å². The van der Waals surface area contributed by atoms with Crippen molar-refractivity contribution in [2.24, 2.45) is 13.0 Å². The maximum Gasteiger partial charge on any atom is 0.243 e. The molecule has 0 bridgehead atoms. The van der Waals surface area contributed by atoms with Crippen LogP contribution in [0.1, 0.15) is 35.4 Å². The fraction of sp³-hybridized carbons (Fsp3) is 0.406. The Hall–Kier alpha value is -4.51. The zero-order chi connectivity index (χ0) is 29.9. The molecule has 2 aliphatic heterocycles. The van der Waals surface area contributed by atoms with E-state index in [1.807, 2.05) is 61.8 Å². The van der Waals surface area contributed by atoms with Crippen LogP contribution in [0.5, 0.6) is 11.5 Å². The van der Waals surface area contributed by atoms with Crippen LogP contribution in [0.2, 0.25) is 0 Å². The first-order valence-electron chi connectivity index (χ1n) is 14.6. The summed E-state index contributed by atoms with van der Waals surface area (Å²) in [6.45, 7) is 1.51. The van der Waals surface area contributed by atoms with Gasteiger partial charge in [-0.1, -0.05) is 23.4 Å². The van der Waals surface area contributed by atoms with Crippen LogP contribution in [0.3, 0.4) is 0 Å². The minimum Gasteiger partial charge on any atom is -0.497 e. The second-order valence-electron chi connectivity index (χ2n) is 11.4. The molecule has 11 nitrogen and oxygen atoms in total. The van der Waals surface area contributed by atoms with Gasteiger partial charge < -0.3 is 25.0 Å². The highest BCUT2D eigenvalue weighted by atomic mass is 16.5. The molecule has 0 radical (unpaired) electrons. The number of carbonyl (C=O) groups excluding carboxylic acids is 2. The largest absolute Gasteiger partial charge is 0.497 e. The van der Waals surface area contributed by atoms with Crippen molar-refractivity contribution >= 4 is 22.8 Å². The molecule has 11 heteroatoms. The molecule has 2 saturated heterocycles. The number of benzene rings is 2. The Morgan fingerprint density at radius 1 is 1.05 bits per heavy atom. The van der Waals surface area contributed by atoms with Crippen LogP contribution in [0.4, 0.5) is 0 Å². The predicted molar refractivity (Wildman–Crippen MR) is 161 cm³/mol. The summed E-state index contributed by atoms with van der Waals surface area (Å²) in [6.07, 6.45) is 5.50. The Morgan fingerprint density at radius 3 is 2.65 bits per heavy atom. The van der Waals surface area contributed by atoms with Crippen LogP contribution in [-0.4, -0.2) is 76.1 Å². The average Bonchev–Trinajstić information content (AvgIpc) is 3.79. The number of amides is 2. The lowest BCUT2D eigenvalue weighted by Crippen LogP contribution is -2.51. The van der Waals surface area contributed by atoms with Crippen LogP contribution in [0.15, 0.2) is 60.9 Å². The van der Waals surface area contributed by atoms with Gasteiger partial charge >= 0.3 is 0 Å². The number of pyridine rings is 1. The Balaban J connectivity index is 1.17. The Kier molecular flexibility index (Phi) is 8.24. The normalized spacial score (nSPS) is 21.7. The molecule has 0 saturated carbocycles. The number of ether oxygens (including phenoxy) is 2. The quantitative estimate of drug-likeness (QED) is 0.308. The lowest BCUT2D eigenvalue weighted by atomic mass is 9.96. The number of fused-ring (bicyclic) bond motifs is 1. The third-order valence-electron chi connectivity index (χ3n) is 8.70. The summed E-state index contributed by atoms with van der Waals surface area (Å²) in [5.74, 6) is 1.64. The monoisotopic (exact) mass is 583 g/mol. The van der Waals surface area contributed by atoms with Gasteiger partial charge in [-0.2, -0.15) is 0 Å². The Bertz CT molecular complexity index is 1610. The van der Waals surface area contributed by atoms with Gasteiger partial charge in [-0.3, -0.25) is 14.6 Å². The van der Waals surface area contributed by atoms with Crippen molar-refractivity contribution in [3.05, 3.63) is 77.6 Å². The molecule has 0 spiro atoms. The smallest absolute Gasteiger partial charge is 0.243 e. The Morgan fingerprint density at radius 2 is 1.86 bits per heavy atom. The molecule has 2 N–H and O–H groups in total. The van der Waals surface area contributed by atoms with Gasteiger partial charge in [0.1, 0.15) is 23.1 Å². The van der Waals surface area contributed by atoms with Crippen LogP contribution < -0.4 is 20.1 Å². The molecule has 4 unspecified atom stereocenters. The van der Waals surface area contributed by atoms with Crippen molar-refractivity contribution < 1.29 is 19.1 Å². The van der Waals surface area contributed by atoms with Gasteiger partial charge in [-0.15, -0.1) is 5.10 Å². The highest BCUT2D eigenvalue weighted by Crippen LogP contribution is 2.34. The minimum atomic E-state index is -0.551. The summed E-state index contributed by atoms with van der Waals surface area (Å²) in [5.41, 5.74) is 4.77. The van der Waals surface area contributed by atoms with Gasteiger partial charge in [0.25, 0.3) is 0 Å². The van der Waals surface area contributed by atoms with Crippen LogP contribution in [0.25, 0.3) is 11.0 Å². The van der Waals surface area contributed by atoms with Gasteiger partial charge in [-0.05, 0) is 66.6 Å². The van der Waals surface area contributed by atoms with Crippen molar-refractivity contribution in [3.8, 4) is 11.5 Å². The maximum absolute atomic E-state index is 14.0. The molecule has 2 aromatic heterocycles. The molecule has 2 fully saturated rings. The third-order valence-corrected chi connectivity index (χ3v) is 8.70. The van der Waals surface area contributed by atoms with E-state index in [0.717, 1.165) is 45.6 Å². The molecule has 4 atom stereocenters. The first kappa shape index (κ1) is 28.6. The third kappa shape index (κ3) is 6.03. The maximum atomic E-state index is 14.0. The molecular weight excluding hydrogens is 546 g/mol. The molecule has 0 aliphatic carbocycles. The number of aryl methyl sites for hydroxylation is 1. The molecule has 4 aromatic rings. The molecule has 2 amide bonds. The zero-order valence-electron chi connectivity index (χ0n) is 24.7. The van der Waals surface area contributed by atoms with Crippen molar-refractivity contribution in [3.63, 3.8) is 0 Å². The van der Waals surface area contributed by atoms with Crippen LogP contribution in [0, 0.1) is 5.92 Å². The molecule has 2 aromatic carbocycles. The number of nitrogens with one attached hydrogen (secondary N) is 2. The van der Waals surface area contributed by atoms with E-state index in [-0.39, 0.29) is 29.7 Å². The second-order valence-corrected chi connectivity index (χ2v) is 11.4. The highest BCUT2D eigenvalue weighted by Gasteiger charge is 2.43. The van der Waals surface area contributed by atoms with Crippen LogP contribution in [-0.2, 0) is 29.6 Å². The van der Waals surface area contributed by atoms with Gasteiger partial charge in [-0.25, -0.2) is 4.68 Å². The van der Waals surface area contributed by atoms with Crippen LogP contribution >= 0.6 is 0 Å². The van der Waals surface area contributed by atoms with E-state index in [0.29, 0.717) is 32.5 Å². The summed E-state index contributed by atoms with van der Waals surface area (Å²) >= 11 is 0. The van der Waals surface area contributed by atoms with E-state index < -0.39 is 6.04 Å². The second kappa shape index (κ2) is 12.4. The number of carbonyl (C=O) groups is 2. The first-order chi connectivity index (χ1) is 20.9. The van der Waals surface area contributed by atoms with Crippen molar-refractivity contribution in [2.45, 2.75) is 43.8 Å². The first-order valence-corrected chi connectivity index (χ1v) is 14.6. The lowest BCUT2D eigenvalue weighted by molar-refractivity contribution is -0.139. The number of hydrogen-bond acceptors (Lipinski definition) is 8. The van der Waals surface area contributed by atoms with Gasteiger partial charge in [0, 0.05) is 50.6 Å². The fourth-order valence-electron chi connectivity index (χ4n) is 6.41. The summed E-state index contributed by atoms with van der Waals surface area (Å²) in [5, 5.41) is 14.7. The zero-order valence-corrected chi connectivity index (χ0v) is 24.7. The fourth-order valence-corrected chi connectivity index (χ4v) is 6.41. The average molecular weight is 584 g/mol. The number of hydrogen-bond donors (Lipinski definition) is 2. The van der Waals surface area contributed by atoms with E-state index in [2.05, 4.69) is 25.9 Å². The highest BCUT2D eigenvalue weighted by molar-refractivity contribution is 5.91. The summed E-state index contributed by atoms with van der Waals surface area (Å²) in [6, 6.07) is 14.7. The molecule has 43 heavy (non-hydrogen) atoms. The number of likely N-dealkylation sites (tertiary alicyclic amines) is 1. The molecule has 6 rings (SSSR count). The number of nitrogens with zero attached hydrogens (tertiary/aromatic N) is 5. The minimum absolute atomic E-state index is 0.0382. The Labute approximate surface area is 250 Å².